The Labute approximate surface area is 166 Å². The van der Waals surface area contributed by atoms with Crippen LogP contribution in [0.1, 0.15) is 57.7 Å². The topological polar surface area (TPSA) is 16.1 Å². The number of hydrogen-bond acceptors (Lipinski definition) is 2. The first-order valence-electron chi connectivity index (χ1n) is 10.4. The van der Waals surface area contributed by atoms with Crippen LogP contribution < -0.4 is 0 Å². The Balaban J connectivity index is 0.000000229. The Morgan fingerprint density at radius 2 is 1.48 bits per heavy atom. The van der Waals surface area contributed by atoms with E-state index >= 15 is 0 Å². The maximum Gasteiger partial charge on any atom is 0.0346 e. The van der Waals surface area contributed by atoms with E-state index in [2.05, 4.69) is 66.2 Å². The highest BCUT2D eigenvalue weighted by Crippen LogP contribution is 2.21. The van der Waals surface area contributed by atoms with Gasteiger partial charge in [-0.3, -0.25) is 9.88 Å². The quantitative estimate of drug-likeness (QED) is 0.486. The van der Waals surface area contributed by atoms with Crippen LogP contribution in [-0.4, -0.2) is 16.4 Å². The third-order valence-corrected chi connectivity index (χ3v) is 4.24. The highest BCUT2D eigenvalue weighted by Gasteiger charge is 2.16. The maximum absolute atomic E-state index is 4.04. The van der Waals surface area contributed by atoms with E-state index in [1.807, 2.05) is 46.2 Å². The van der Waals surface area contributed by atoms with Gasteiger partial charge < -0.3 is 0 Å². The summed E-state index contributed by atoms with van der Waals surface area (Å²) >= 11 is 0. The summed E-state index contributed by atoms with van der Waals surface area (Å²) in [6.07, 6.45) is 4.96. The van der Waals surface area contributed by atoms with Gasteiger partial charge in [-0.15, -0.1) is 0 Å². The molecule has 0 aliphatic carbocycles. The second-order valence-electron chi connectivity index (χ2n) is 6.21. The fourth-order valence-corrected chi connectivity index (χ4v) is 3.08. The summed E-state index contributed by atoms with van der Waals surface area (Å²) in [5, 5.41) is 2.47. The molecule has 0 amide bonds. The van der Waals surface area contributed by atoms with Crippen LogP contribution in [0.3, 0.4) is 0 Å². The molecule has 0 atom stereocenters. The van der Waals surface area contributed by atoms with Crippen molar-refractivity contribution < 1.29 is 0 Å². The van der Waals surface area contributed by atoms with E-state index in [1.165, 1.54) is 40.4 Å². The summed E-state index contributed by atoms with van der Waals surface area (Å²) in [5.41, 5.74) is 4.33. The Morgan fingerprint density at radius 3 is 2.07 bits per heavy atom. The van der Waals surface area contributed by atoms with Gasteiger partial charge >= 0.3 is 0 Å². The van der Waals surface area contributed by atoms with Gasteiger partial charge in [-0.1, -0.05) is 82.6 Å². The molecule has 146 valence electrons. The van der Waals surface area contributed by atoms with Crippen LogP contribution in [0.2, 0.25) is 0 Å². The molecular weight excluding hydrogens is 328 g/mol. The van der Waals surface area contributed by atoms with E-state index in [9.17, 15) is 0 Å². The third kappa shape index (κ3) is 7.15. The number of fused-ring (bicyclic) bond motifs is 2. The number of hydrogen-bond donors (Lipinski definition) is 0. The van der Waals surface area contributed by atoms with Crippen LogP contribution in [0.15, 0.2) is 60.9 Å². The van der Waals surface area contributed by atoms with Crippen molar-refractivity contribution in [1.82, 2.24) is 9.88 Å². The molecule has 2 aromatic carbocycles. The molecule has 2 heterocycles. The van der Waals surface area contributed by atoms with Gasteiger partial charge in [0.05, 0.1) is 0 Å². The number of nitrogens with zero attached hydrogens (tertiary/aromatic N) is 2. The first kappa shape index (κ1) is 22.9. The second-order valence-corrected chi connectivity index (χ2v) is 6.21. The standard InChI is InChI=1S/C11H15N.C10H9N.2C2H6/c1-2-7-12-8-10-5-3-4-6-11(10)9-12;1-8-2-3-10-7-11-5-4-9(10)6-8;2*1-2/h3-6H,2,7-9H2,1H3;2-7H,1H3;2*1-2H3. The van der Waals surface area contributed by atoms with Gasteiger partial charge in [0, 0.05) is 30.9 Å². The van der Waals surface area contributed by atoms with Crippen LogP contribution in [0.25, 0.3) is 10.8 Å². The average molecular weight is 365 g/mol. The third-order valence-electron chi connectivity index (χ3n) is 4.24. The Kier molecular flexibility index (Phi) is 11.0. The average Bonchev–Trinajstić information content (AvgIpc) is 3.14. The fraction of sp³-hybridized carbons (Fsp3) is 0.400. The van der Waals surface area contributed by atoms with Crippen molar-refractivity contribution in [2.45, 2.75) is 61.1 Å². The lowest BCUT2D eigenvalue weighted by atomic mass is 10.1. The lowest BCUT2D eigenvalue weighted by Gasteiger charge is -2.11. The lowest BCUT2D eigenvalue weighted by Crippen LogP contribution is -2.16. The minimum Gasteiger partial charge on any atom is -0.295 e. The van der Waals surface area contributed by atoms with Gasteiger partial charge in [0.15, 0.2) is 0 Å². The van der Waals surface area contributed by atoms with E-state index in [0.717, 1.165) is 13.1 Å². The van der Waals surface area contributed by atoms with Gasteiger partial charge in [-0.25, -0.2) is 0 Å². The van der Waals surface area contributed by atoms with E-state index < -0.39 is 0 Å². The van der Waals surface area contributed by atoms with Crippen LogP contribution >= 0.6 is 0 Å². The molecule has 0 radical (unpaired) electrons. The fourth-order valence-electron chi connectivity index (χ4n) is 3.08. The molecule has 0 bridgehead atoms. The first-order valence-corrected chi connectivity index (χ1v) is 10.4. The zero-order chi connectivity index (χ0) is 20.1. The maximum atomic E-state index is 4.04. The summed E-state index contributed by atoms with van der Waals surface area (Å²) in [7, 11) is 0. The van der Waals surface area contributed by atoms with E-state index in [1.54, 1.807) is 0 Å². The number of pyridine rings is 1. The van der Waals surface area contributed by atoms with Crippen molar-refractivity contribution in [2.75, 3.05) is 6.54 Å². The summed E-state index contributed by atoms with van der Waals surface area (Å²) < 4.78 is 0. The monoisotopic (exact) mass is 364 g/mol. The van der Waals surface area contributed by atoms with Gasteiger partial charge in [0.1, 0.15) is 0 Å². The van der Waals surface area contributed by atoms with Crippen molar-refractivity contribution in [3.05, 3.63) is 77.6 Å². The molecule has 3 aromatic rings. The molecule has 0 unspecified atom stereocenters. The molecule has 0 fully saturated rings. The predicted molar refractivity (Wildman–Crippen MR) is 120 cm³/mol. The van der Waals surface area contributed by atoms with Crippen LogP contribution in [0, 0.1) is 6.92 Å². The molecule has 0 spiro atoms. The molecule has 4 rings (SSSR count). The number of aryl methyl sites for hydroxylation is 1. The van der Waals surface area contributed by atoms with Gasteiger partial charge in [0.2, 0.25) is 0 Å². The van der Waals surface area contributed by atoms with Crippen molar-refractivity contribution in [3.63, 3.8) is 0 Å². The number of benzene rings is 2. The molecule has 0 saturated heterocycles. The van der Waals surface area contributed by atoms with Crippen molar-refractivity contribution in [1.29, 1.82) is 0 Å². The molecular formula is C25H36N2. The smallest absolute Gasteiger partial charge is 0.0346 e. The number of rotatable bonds is 2. The van der Waals surface area contributed by atoms with Gasteiger partial charge in [-0.05, 0) is 42.5 Å². The summed E-state index contributed by atoms with van der Waals surface area (Å²) in [6.45, 7) is 15.9. The second kappa shape index (κ2) is 13.1. The predicted octanol–water partition coefficient (Wildman–Crippen LogP) is 7.01. The van der Waals surface area contributed by atoms with Gasteiger partial charge in [-0.2, -0.15) is 0 Å². The van der Waals surface area contributed by atoms with Gasteiger partial charge in [0.25, 0.3) is 0 Å². The largest absolute Gasteiger partial charge is 0.295 e. The molecule has 1 aromatic heterocycles. The molecule has 1 aliphatic rings. The zero-order valence-corrected chi connectivity index (χ0v) is 18.0. The lowest BCUT2D eigenvalue weighted by molar-refractivity contribution is 0.285. The Bertz CT molecular complexity index is 755. The highest BCUT2D eigenvalue weighted by molar-refractivity contribution is 5.81. The van der Waals surface area contributed by atoms with E-state index in [4.69, 9.17) is 0 Å². The van der Waals surface area contributed by atoms with Crippen LogP contribution in [-0.2, 0) is 13.1 Å². The summed E-state index contributed by atoms with van der Waals surface area (Å²) in [4.78, 5) is 6.55. The summed E-state index contributed by atoms with van der Waals surface area (Å²) in [6, 6.07) is 17.1. The molecule has 0 saturated carbocycles. The number of aromatic nitrogens is 1. The van der Waals surface area contributed by atoms with Crippen molar-refractivity contribution in [3.8, 4) is 0 Å². The Hall–Kier alpha value is -2.19. The van der Waals surface area contributed by atoms with E-state index in [0.29, 0.717) is 0 Å². The zero-order valence-electron chi connectivity index (χ0n) is 18.0. The van der Waals surface area contributed by atoms with Crippen molar-refractivity contribution >= 4 is 10.8 Å². The summed E-state index contributed by atoms with van der Waals surface area (Å²) in [5.74, 6) is 0. The first-order chi connectivity index (χ1) is 13.3. The Morgan fingerprint density at radius 1 is 0.852 bits per heavy atom. The van der Waals surface area contributed by atoms with Crippen LogP contribution in [0.5, 0.6) is 0 Å². The van der Waals surface area contributed by atoms with Crippen molar-refractivity contribution in [2.24, 2.45) is 0 Å². The van der Waals surface area contributed by atoms with Crippen LogP contribution in [0.4, 0.5) is 0 Å². The molecule has 2 nitrogen and oxygen atoms in total. The molecule has 0 N–H and O–H groups in total. The molecule has 1 aliphatic heterocycles. The SMILES string of the molecule is CC.CC.CCCN1Cc2ccccc2C1.Cc1ccc2cnccc2c1. The minimum absolute atomic E-state index is 1.16. The normalized spacial score (nSPS) is 11.9. The molecule has 27 heavy (non-hydrogen) atoms. The molecule has 2 heteroatoms. The van der Waals surface area contributed by atoms with E-state index in [-0.39, 0.29) is 0 Å². The minimum atomic E-state index is 1.16. The highest BCUT2D eigenvalue weighted by atomic mass is 15.1.